The van der Waals surface area contributed by atoms with E-state index in [1.807, 2.05) is 12.2 Å². The fraction of sp³-hybridized carbons (Fsp3) is 0.478. The molecular weight excluding hydrogens is 338 g/mol. The summed E-state index contributed by atoms with van der Waals surface area (Å²) >= 11 is 0. The lowest BCUT2D eigenvalue weighted by molar-refractivity contribution is -0.131. The molecule has 1 rings (SSSR count). The Morgan fingerprint density at radius 3 is 2.19 bits per heavy atom. The predicted molar refractivity (Wildman–Crippen MR) is 114 cm³/mol. The number of rotatable bonds is 5. The molecule has 0 saturated heterocycles. The minimum absolute atomic E-state index is 0.0926. The van der Waals surface area contributed by atoms with E-state index in [4.69, 9.17) is 5.11 Å². The van der Waals surface area contributed by atoms with Gasteiger partial charge in [0.2, 0.25) is 5.91 Å². The third-order valence-corrected chi connectivity index (χ3v) is 4.44. The van der Waals surface area contributed by atoms with Gasteiger partial charge >= 0.3 is 5.97 Å². The van der Waals surface area contributed by atoms with Crippen LogP contribution in [0.3, 0.4) is 0 Å². The molecule has 0 fully saturated rings. The molecule has 0 aromatic heterocycles. The number of carbonyl (C=O) groups is 2. The van der Waals surface area contributed by atoms with E-state index in [0.717, 1.165) is 11.1 Å². The standard InChI is InChI=1S/C19H26O2.C4H9NO/c1-14(7-5-8-15(2)13-19(20)21)11-12-18-16(3)9-6-10-17(18)4;1-4(6)5(2)3/h5,7-8,11-13,16H,6,9-10H2,1-4H3,(H,20,21);1-3H3/b8-5+,12-11+,14-7+,15-13+;. The van der Waals surface area contributed by atoms with E-state index >= 15 is 0 Å². The maximum absolute atomic E-state index is 10.5. The Kier molecular flexibility index (Phi) is 11.8. The highest BCUT2D eigenvalue weighted by Gasteiger charge is 2.14. The molecule has 1 atom stereocenters. The first kappa shape index (κ1) is 24.6. The normalized spacial score (nSPS) is 18.6. The summed E-state index contributed by atoms with van der Waals surface area (Å²) in [4.78, 5) is 22.1. The van der Waals surface area contributed by atoms with Gasteiger partial charge in [0.25, 0.3) is 0 Å². The van der Waals surface area contributed by atoms with Crippen LogP contribution >= 0.6 is 0 Å². The molecule has 150 valence electrons. The fourth-order valence-corrected chi connectivity index (χ4v) is 2.57. The zero-order valence-electron chi connectivity index (χ0n) is 17.9. The largest absolute Gasteiger partial charge is 0.478 e. The second kappa shape index (κ2) is 12.9. The predicted octanol–water partition coefficient (Wildman–Crippen LogP) is 5.31. The first-order valence-electron chi connectivity index (χ1n) is 9.36. The van der Waals surface area contributed by atoms with E-state index < -0.39 is 5.97 Å². The summed E-state index contributed by atoms with van der Waals surface area (Å²) < 4.78 is 0. The molecule has 1 aliphatic rings. The Morgan fingerprint density at radius 1 is 1.11 bits per heavy atom. The van der Waals surface area contributed by atoms with Gasteiger partial charge in [-0.1, -0.05) is 48.5 Å². The number of hydrogen-bond donors (Lipinski definition) is 1. The monoisotopic (exact) mass is 373 g/mol. The van der Waals surface area contributed by atoms with Crippen LogP contribution < -0.4 is 0 Å². The average Bonchev–Trinajstić information content (AvgIpc) is 2.54. The molecule has 0 spiro atoms. The Labute approximate surface area is 164 Å². The van der Waals surface area contributed by atoms with Crippen LogP contribution in [-0.4, -0.2) is 36.0 Å². The number of carboxylic acids is 1. The quantitative estimate of drug-likeness (QED) is 0.525. The summed E-state index contributed by atoms with van der Waals surface area (Å²) in [6, 6.07) is 0. The minimum Gasteiger partial charge on any atom is -0.478 e. The Morgan fingerprint density at radius 2 is 1.70 bits per heavy atom. The fourth-order valence-electron chi connectivity index (χ4n) is 2.57. The van der Waals surface area contributed by atoms with Crippen LogP contribution in [0.4, 0.5) is 0 Å². The van der Waals surface area contributed by atoms with Crippen LogP contribution in [0.5, 0.6) is 0 Å². The molecule has 27 heavy (non-hydrogen) atoms. The van der Waals surface area contributed by atoms with E-state index in [1.165, 1.54) is 48.3 Å². The van der Waals surface area contributed by atoms with Crippen molar-refractivity contribution in [2.45, 2.75) is 53.9 Å². The van der Waals surface area contributed by atoms with Gasteiger partial charge in [0.05, 0.1) is 0 Å². The van der Waals surface area contributed by atoms with Gasteiger partial charge in [-0.2, -0.15) is 0 Å². The van der Waals surface area contributed by atoms with Gasteiger partial charge in [-0.25, -0.2) is 4.79 Å². The molecule has 4 nitrogen and oxygen atoms in total. The lowest BCUT2D eigenvalue weighted by atomic mass is 9.84. The first-order valence-corrected chi connectivity index (χ1v) is 9.36. The third-order valence-electron chi connectivity index (χ3n) is 4.44. The molecule has 0 aliphatic heterocycles. The highest BCUT2D eigenvalue weighted by molar-refractivity contribution is 5.81. The van der Waals surface area contributed by atoms with Crippen molar-refractivity contribution in [3.8, 4) is 0 Å². The Balaban J connectivity index is 0.000000972. The maximum atomic E-state index is 10.5. The van der Waals surface area contributed by atoms with Crippen LogP contribution in [0.2, 0.25) is 0 Å². The van der Waals surface area contributed by atoms with Gasteiger partial charge in [0, 0.05) is 27.1 Å². The molecule has 1 aliphatic carbocycles. The number of allylic oxidation sites excluding steroid dienone is 9. The van der Waals surface area contributed by atoms with Gasteiger partial charge < -0.3 is 10.0 Å². The van der Waals surface area contributed by atoms with E-state index in [-0.39, 0.29) is 5.91 Å². The minimum atomic E-state index is -0.911. The molecule has 1 amide bonds. The van der Waals surface area contributed by atoms with Crippen molar-refractivity contribution in [1.29, 1.82) is 0 Å². The van der Waals surface area contributed by atoms with Crippen LogP contribution in [0.15, 0.2) is 58.7 Å². The zero-order valence-corrected chi connectivity index (χ0v) is 17.9. The summed E-state index contributed by atoms with van der Waals surface area (Å²) in [6.07, 6.45) is 15.1. The Hall–Kier alpha value is -2.36. The van der Waals surface area contributed by atoms with Crippen molar-refractivity contribution in [3.63, 3.8) is 0 Å². The molecule has 1 unspecified atom stereocenters. The first-order chi connectivity index (χ1) is 12.5. The second-order valence-corrected chi connectivity index (χ2v) is 7.27. The van der Waals surface area contributed by atoms with Gasteiger partial charge in [-0.3, -0.25) is 4.79 Å². The van der Waals surface area contributed by atoms with Gasteiger partial charge in [0.1, 0.15) is 0 Å². The van der Waals surface area contributed by atoms with Crippen molar-refractivity contribution in [3.05, 3.63) is 58.7 Å². The average molecular weight is 374 g/mol. The molecule has 0 aromatic carbocycles. The summed E-state index contributed by atoms with van der Waals surface area (Å²) in [5, 5.41) is 8.63. The summed E-state index contributed by atoms with van der Waals surface area (Å²) in [5.74, 6) is -0.166. The molecule has 0 aromatic rings. The zero-order chi connectivity index (χ0) is 21.0. The van der Waals surface area contributed by atoms with E-state index in [0.29, 0.717) is 5.92 Å². The number of carbonyl (C=O) groups excluding carboxylic acids is 1. The highest BCUT2D eigenvalue weighted by atomic mass is 16.4. The van der Waals surface area contributed by atoms with Crippen molar-refractivity contribution in [1.82, 2.24) is 4.90 Å². The van der Waals surface area contributed by atoms with E-state index in [1.54, 1.807) is 27.1 Å². The molecule has 1 N–H and O–H groups in total. The Bertz CT molecular complexity index is 661. The number of carboxylic acid groups (broad SMARTS) is 1. The van der Waals surface area contributed by atoms with E-state index in [2.05, 4.69) is 32.9 Å². The van der Waals surface area contributed by atoms with Crippen molar-refractivity contribution >= 4 is 11.9 Å². The highest BCUT2D eigenvalue weighted by Crippen LogP contribution is 2.30. The van der Waals surface area contributed by atoms with Crippen molar-refractivity contribution in [2.75, 3.05) is 14.1 Å². The maximum Gasteiger partial charge on any atom is 0.328 e. The number of amides is 1. The number of aliphatic carboxylic acids is 1. The topological polar surface area (TPSA) is 57.6 Å². The van der Waals surface area contributed by atoms with Crippen molar-refractivity contribution in [2.24, 2.45) is 5.92 Å². The van der Waals surface area contributed by atoms with Crippen LogP contribution in [-0.2, 0) is 9.59 Å². The summed E-state index contributed by atoms with van der Waals surface area (Å²) in [7, 11) is 3.45. The van der Waals surface area contributed by atoms with Crippen molar-refractivity contribution < 1.29 is 14.7 Å². The van der Waals surface area contributed by atoms with Gasteiger partial charge in [-0.05, 0) is 57.1 Å². The van der Waals surface area contributed by atoms with Crippen LogP contribution in [0, 0.1) is 5.92 Å². The summed E-state index contributed by atoms with van der Waals surface area (Å²) in [5.41, 5.74) is 4.87. The number of hydrogen-bond acceptors (Lipinski definition) is 2. The number of nitrogens with zero attached hydrogens (tertiary/aromatic N) is 1. The molecule has 0 radical (unpaired) electrons. The summed E-state index contributed by atoms with van der Waals surface area (Å²) in [6.45, 7) is 9.89. The SMILES string of the molecule is CC(=O)N(C)C.CC1=C(/C=C/C(C)=C/C=C/C(C)=C/C(=O)O)C(C)CCC1. The smallest absolute Gasteiger partial charge is 0.328 e. The van der Waals surface area contributed by atoms with Gasteiger partial charge in [0.15, 0.2) is 0 Å². The lowest BCUT2D eigenvalue weighted by Crippen LogP contribution is -2.17. The lowest BCUT2D eigenvalue weighted by Gasteiger charge is -2.22. The van der Waals surface area contributed by atoms with Gasteiger partial charge in [-0.15, -0.1) is 0 Å². The molecule has 4 heteroatoms. The second-order valence-electron chi connectivity index (χ2n) is 7.27. The molecular formula is C23H35NO3. The van der Waals surface area contributed by atoms with Crippen LogP contribution in [0.25, 0.3) is 0 Å². The van der Waals surface area contributed by atoms with E-state index in [9.17, 15) is 9.59 Å². The third kappa shape index (κ3) is 11.8. The van der Waals surface area contributed by atoms with Crippen LogP contribution in [0.1, 0.15) is 53.9 Å². The molecule has 0 saturated carbocycles. The molecule has 0 bridgehead atoms. The molecule has 0 heterocycles.